The van der Waals surface area contributed by atoms with Crippen molar-refractivity contribution in [2.75, 3.05) is 32.6 Å². The lowest BCUT2D eigenvalue weighted by atomic mass is 10.2. The van der Waals surface area contributed by atoms with E-state index < -0.39 is 0 Å². The number of hydrogen-bond donors (Lipinski definition) is 1. The van der Waals surface area contributed by atoms with Crippen molar-refractivity contribution < 1.29 is 9.53 Å². The van der Waals surface area contributed by atoms with Gasteiger partial charge < -0.3 is 9.64 Å². The van der Waals surface area contributed by atoms with Gasteiger partial charge in [0, 0.05) is 18.7 Å². The Hall–Kier alpha value is -2.04. The quantitative estimate of drug-likeness (QED) is 0.388. The van der Waals surface area contributed by atoms with E-state index in [-0.39, 0.29) is 5.91 Å². The second-order valence-corrected chi connectivity index (χ2v) is 5.10. The molecule has 0 radical (unpaired) electrons. The summed E-state index contributed by atoms with van der Waals surface area (Å²) in [4.78, 5) is 18.3. The summed E-state index contributed by atoms with van der Waals surface area (Å²) >= 11 is 1.35. The number of nitrogens with zero attached hydrogens (tertiary/aromatic N) is 3. The molecule has 1 heterocycles. The molecule has 2 rings (SSSR count). The van der Waals surface area contributed by atoms with Gasteiger partial charge >= 0.3 is 0 Å². The predicted molar refractivity (Wildman–Crippen MR) is 82.5 cm³/mol. The Bertz CT molecular complexity index is 559. The first-order chi connectivity index (χ1) is 10.2. The molecule has 6 nitrogen and oxygen atoms in total. The van der Waals surface area contributed by atoms with E-state index in [0.29, 0.717) is 42.7 Å². The predicted octanol–water partition coefficient (Wildman–Crippen LogP) is 1.58. The minimum absolute atomic E-state index is 0.00840. The lowest BCUT2D eigenvalue weighted by molar-refractivity contribution is 0.0303. The van der Waals surface area contributed by atoms with Gasteiger partial charge in [-0.15, -0.1) is 0 Å². The van der Waals surface area contributed by atoms with Gasteiger partial charge in [-0.05, 0) is 30.5 Å². The summed E-state index contributed by atoms with van der Waals surface area (Å²) in [5.41, 5.74) is 1.33. The van der Waals surface area contributed by atoms with Gasteiger partial charge in [0.25, 0.3) is 5.91 Å². The minimum Gasteiger partial charge on any atom is -0.378 e. The summed E-state index contributed by atoms with van der Waals surface area (Å²) in [5.74, 6) is 0.00840. The van der Waals surface area contributed by atoms with Crippen LogP contribution in [0.2, 0.25) is 0 Å². The number of thioether (sulfide) groups is 1. The van der Waals surface area contributed by atoms with E-state index in [0.717, 1.165) is 0 Å². The van der Waals surface area contributed by atoms with Crippen molar-refractivity contribution in [3.05, 3.63) is 29.8 Å². The zero-order chi connectivity index (χ0) is 15.1. The zero-order valence-corrected chi connectivity index (χ0v) is 12.5. The van der Waals surface area contributed by atoms with Crippen LogP contribution in [0.3, 0.4) is 0 Å². The van der Waals surface area contributed by atoms with Crippen LogP contribution in [-0.4, -0.2) is 48.5 Å². The largest absolute Gasteiger partial charge is 0.378 e. The van der Waals surface area contributed by atoms with Crippen molar-refractivity contribution in [1.29, 1.82) is 5.26 Å². The molecule has 1 saturated heterocycles. The van der Waals surface area contributed by atoms with E-state index in [1.54, 1.807) is 29.2 Å². The van der Waals surface area contributed by atoms with Crippen LogP contribution < -0.4 is 5.32 Å². The number of carbonyl (C=O) groups is 1. The van der Waals surface area contributed by atoms with Crippen molar-refractivity contribution in [2.24, 2.45) is 4.99 Å². The fourth-order valence-corrected chi connectivity index (χ4v) is 2.26. The monoisotopic (exact) mass is 304 g/mol. The molecule has 1 aromatic rings. The van der Waals surface area contributed by atoms with Crippen LogP contribution in [0.1, 0.15) is 10.4 Å². The molecule has 1 aliphatic heterocycles. The van der Waals surface area contributed by atoms with Crippen LogP contribution in [0.5, 0.6) is 0 Å². The lowest BCUT2D eigenvalue weighted by Gasteiger charge is -2.26. The number of amides is 1. The van der Waals surface area contributed by atoms with Crippen LogP contribution in [0.15, 0.2) is 29.3 Å². The van der Waals surface area contributed by atoms with Crippen molar-refractivity contribution in [3.8, 4) is 6.19 Å². The van der Waals surface area contributed by atoms with E-state index in [1.807, 2.05) is 12.4 Å². The first-order valence-corrected chi connectivity index (χ1v) is 7.72. The molecule has 0 aliphatic carbocycles. The van der Waals surface area contributed by atoms with Gasteiger partial charge in [0.15, 0.2) is 11.4 Å². The highest BCUT2D eigenvalue weighted by molar-refractivity contribution is 8.13. The Morgan fingerprint density at radius 3 is 2.62 bits per heavy atom. The molecule has 0 bridgehead atoms. The number of nitrogens with one attached hydrogen (secondary N) is 1. The number of amidine groups is 1. The summed E-state index contributed by atoms with van der Waals surface area (Å²) in [6.45, 7) is 2.43. The third kappa shape index (κ3) is 4.21. The van der Waals surface area contributed by atoms with Gasteiger partial charge in [0.05, 0.1) is 18.9 Å². The van der Waals surface area contributed by atoms with Gasteiger partial charge in [0.1, 0.15) is 0 Å². The topological polar surface area (TPSA) is 77.7 Å². The molecule has 1 amide bonds. The van der Waals surface area contributed by atoms with Gasteiger partial charge in [-0.2, -0.15) is 5.26 Å². The number of rotatable bonds is 2. The highest BCUT2D eigenvalue weighted by Gasteiger charge is 2.18. The zero-order valence-electron chi connectivity index (χ0n) is 11.7. The fourth-order valence-electron chi connectivity index (χ4n) is 1.92. The molecule has 7 heteroatoms. The number of hydrogen-bond acceptors (Lipinski definition) is 5. The molecule has 0 atom stereocenters. The lowest BCUT2D eigenvalue weighted by Crippen LogP contribution is -2.40. The molecule has 21 heavy (non-hydrogen) atoms. The van der Waals surface area contributed by atoms with Crippen molar-refractivity contribution in [1.82, 2.24) is 10.2 Å². The van der Waals surface area contributed by atoms with Crippen LogP contribution in [0.4, 0.5) is 5.69 Å². The van der Waals surface area contributed by atoms with E-state index in [4.69, 9.17) is 10.00 Å². The average Bonchev–Trinajstić information content (AvgIpc) is 2.55. The third-order valence-corrected chi connectivity index (χ3v) is 3.58. The smallest absolute Gasteiger partial charge is 0.254 e. The van der Waals surface area contributed by atoms with Crippen molar-refractivity contribution in [2.45, 2.75) is 0 Å². The van der Waals surface area contributed by atoms with E-state index in [9.17, 15) is 4.79 Å². The SMILES string of the molecule is CSC(=Nc1ccc(C(=O)N2CCOCC2)cc1)NC#N. The summed E-state index contributed by atoms with van der Waals surface area (Å²) < 4.78 is 5.24. The number of carbonyl (C=O) groups excluding carboxylic acids is 1. The second kappa shape index (κ2) is 7.67. The number of aliphatic imine (C=N–C) groups is 1. The van der Waals surface area contributed by atoms with Gasteiger partial charge in [-0.3, -0.25) is 10.1 Å². The molecular formula is C14H16N4O2S. The summed E-state index contributed by atoms with van der Waals surface area (Å²) in [7, 11) is 0. The van der Waals surface area contributed by atoms with Crippen LogP contribution in [0, 0.1) is 11.5 Å². The molecule has 0 aromatic heterocycles. The summed E-state index contributed by atoms with van der Waals surface area (Å²) in [6.07, 6.45) is 3.67. The maximum absolute atomic E-state index is 12.3. The van der Waals surface area contributed by atoms with E-state index in [1.165, 1.54) is 11.8 Å². The highest BCUT2D eigenvalue weighted by Crippen LogP contribution is 2.16. The summed E-state index contributed by atoms with van der Waals surface area (Å²) in [6, 6.07) is 7.04. The van der Waals surface area contributed by atoms with Crippen LogP contribution in [0.25, 0.3) is 0 Å². The van der Waals surface area contributed by atoms with E-state index in [2.05, 4.69) is 10.3 Å². The van der Waals surface area contributed by atoms with Crippen molar-refractivity contribution in [3.63, 3.8) is 0 Å². The Morgan fingerprint density at radius 1 is 1.38 bits per heavy atom. The molecule has 0 unspecified atom stereocenters. The number of morpholine rings is 1. The normalized spacial score (nSPS) is 15.4. The number of benzene rings is 1. The maximum atomic E-state index is 12.3. The maximum Gasteiger partial charge on any atom is 0.254 e. The van der Waals surface area contributed by atoms with E-state index >= 15 is 0 Å². The fraction of sp³-hybridized carbons (Fsp3) is 0.357. The molecule has 1 aliphatic rings. The van der Waals surface area contributed by atoms with Crippen LogP contribution >= 0.6 is 11.8 Å². The summed E-state index contributed by atoms with van der Waals surface area (Å²) in [5, 5.41) is 11.6. The minimum atomic E-state index is 0.00840. The Labute approximate surface area is 127 Å². The number of ether oxygens (including phenoxy) is 1. The molecule has 1 aromatic carbocycles. The molecule has 1 N–H and O–H groups in total. The second-order valence-electron chi connectivity index (χ2n) is 4.31. The first-order valence-electron chi connectivity index (χ1n) is 6.49. The Kier molecular flexibility index (Phi) is 5.60. The first kappa shape index (κ1) is 15.4. The van der Waals surface area contributed by atoms with Gasteiger partial charge in [0.2, 0.25) is 0 Å². The standard InChI is InChI=1S/C14H16N4O2S/c1-21-14(16-10-15)17-12-4-2-11(3-5-12)13(19)18-6-8-20-9-7-18/h2-5H,6-9H2,1H3,(H,16,17). The van der Waals surface area contributed by atoms with Crippen LogP contribution in [-0.2, 0) is 4.74 Å². The van der Waals surface area contributed by atoms with Gasteiger partial charge in [-0.25, -0.2) is 4.99 Å². The Balaban J connectivity index is 2.08. The average molecular weight is 304 g/mol. The van der Waals surface area contributed by atoms with Crippen molar-refractivity contribution >= 4 is 28.5 Å². The third-order valence-electron chi connectivity index (χ3n) is 3.00. The molecule has 110 valence electrons. The molecule has 1 fully saturated rings. The number of nitriles is 1. The highest BCUT2D eigenvalue weighted by atomic mass is 32.2. The molecule has 0 saturated carbocycles. The molecule has 0 spiro atoms. The molecular weight excluding hydrogens is 288 g/mol. The van der Waals surface area contributed by atoms with Gasteiger partial charge in [-0.1, -0.05) is 11.8 Å². The Morgan fingerprint density at radius 2 is 2.05 bits per heavy atom.